The standard InChI is InChI=1S/C22H20ClNO5/c1-3-14-4-6-15(7-5-14)13(2)24-21(26)12-28-22(27)20-11-18(25)17-10-16(23)8-9-19(17)29-20/h4-11,13H,3,12H2,1-2H3,(H,24,26)/t13-/m1/s1. The van der Waals surface area contributed by atoms with Crippen LogP contribution in [0.3, 0.4) is 0 Å². The molecule has 29 heavy (non-hydrogen) atoms. The van der Waals surface area contributed by atoms with E-state index in [9.17, 15) is 14.4 Å². The van der Waals surface area contributed by atoms with Gasteiger partial charge in [-0.3, -0.25) is 9.59 Å². The van der Waals surface area contributed by atoms with Gasteiger partial charge >= 0.3 is 5.97 Å². The number of esters is 1. The third-order valence-corrected chi connectivity index (χ3v) is 4.73. The monoisotopic (exact) mass is 413 g/mol. The Morgan fingerprint density at radius 1 is 1.14 bits per heavy atom. The van der Waals surface area contributed by atoms with E-state index in [1.807, 2.05) is 31.2 Å². The first-order valence-electron chi connectivity index (χ1n) is 9.16. The number of fused-ring (bicyclic) bond motifs is 1. The molecule has 0 fully saturated rings. The van der Waals surface area contributed by atoms with Gasteiger partial charge in [0.1, 0.15) is 5.58 Å². The molecule has 150 valence electrons. The number of carbonyl (C=O) groups is 2. The van der Waals surface area contributed by atoms with Crippen LogP contribution >= 0.6 is 11.6 Å². The van der Waals surface area contributed by atoms with E-state index in [1.54, 1.807) is 6.07 Å². The van der Waals surface area contributed by atoms with Gasteiger partial charge in [0.2, 0.25) is 5.76 Å². The van der Waals surface area contributed by atoms with Gasteiger partial charge < -0.3 is 14.5 Å². The van der Waals surface area contributed by atoms with Gasteiger partial charge in [-0.05, 0) is 42.7 Å². The van der Waals surface area contributed by atoms with Crippen molar-refractivity contribution in [2.24, 2.45) is 0 Å². The zero-order valence-electron chi connectivity index (χ0n) is 16.0. The van der Waals surface area contributed by atoms with E-state index in [2.05, 4.69) is 12.2 Å². The molecule has 0 bridgehead atoms. The molecular weight excluding hydrogens is 394 g/mol. The van der Waals surface area contributed by atoms with E-state index < -0.39 is 23.9 Å². The van der Waals surface area contributed by atoms with Gasteiger partial charge in [0.15, 0.2) is 12.0 Å². The van der Waals surface area contributed by atoms with Gasteiger partial charge in [0.05, 0.1) is 11.4 Å². The van der Waals surface area contributed by atoms with Gasteiger partial charge in [-0.1, -0.05) is 42.8 Å². The smallest absolute Gasteiger partial charge is 0.374 e. The highest BCUT2D eigenvalue weighted by Crippen LogP contribution is 2.18. The Balaban J connectivity index is 1.61. The molecule has 0 saturated carbocycles. The van der Waals surface area contributed by atoms with Crippen LogP contribution in [0.4, 0.5) is 0 Å². The Morgan fingerprint density at radius 3 is 2.55 bits per heavy atom. The molecule has 0 radical (unpaired) electrons. The number of hydrogen-bond donors (Lipinski definition) is 1. The van der Waals surface area contributed by atoms with Gasteiger partial charge in [-0.25, -0.2) is 4.79 Å². The van der Waals surface area contributed by atoms with Crippen LogP contribution in [0.25, 0.3) is 11.0 Å². The summed E-state index contributed by atoms with van der Waals surface area (Å²) in [5.41, 5.74) is 1.94. The van der Waals surface area contributed by atoms with E-state index in [4.69, 9.17) is 20.8 Å². The number of benzene rings is 2. The molecule has 6 nitrogen and oxygen atoms in total. The number of hydrogen-bond acceptors (Lipinski definition) is 5. The zero-order valence-corrected chi connectivity index (χ0v) is 16.8. The SMILES string of the molecule is CCc1ccc([C@@H](C)NC(=O)COC(=O)c2cc(=O)c3cc(Cl)ccc3o2)cc1. The summed E-state index contributed by atoms with van der Waals surface area (Å²) in [6.45, 7) is 3.42. The molecule has 3 rings (SSSR count). The van der Waals surface area contributed by atoms with Crippen LogP contribution in [0.15, 0.2) is 57.7 Å². The molecule has 1 N–H and O–H groups in total. The average molecular weight is 414 g/mol. The highest BCUT2D eigenvalue weighted by Gasteiger charge is 2.17. The molecule has 3 aromatic rings. The first-order valence-corrected chi connectivity index (χ1v) is 9.54. The number of ether oxygens (including phenoxy) is 1. The Labute approximate surface area is 172 Å². The number of amides is 1. The average Bonchev–Trinajstić information content (AvgIpc) is 2.72. The van der Waals surface area contributed by atoms with Crippen molar-refractivity contribution in [2.75, 3.05) is 6.61 Å². The van der Waals surface area contributed by atoms with E-state index in [0.717, 1.165) is 18.1 Å². The molecule has 1 heterocycles. The largest absolute Gasteiger partial charge is 0.450 e. The lowest BCUT2D eigenvalue weighted by Crippen LogP contribution is -2.31. The Morgan fingerprint density at radius 2 is 1.86 bits per heavy atom. The maximum Gasteiger partial charge on any atom is 0.374 e. The van der Waals surface area contributed by atoms with Crippen LogP contribution in [0, 0.1) is 0 Å². The lowest BCUT2D eigenvalue weighted by Gasteiger charge is -2.14. The predicted molar refractivity (Wildman–Crippen MR) is 110 cm³/mol. The molecule has 0 spiro atoms. The van der Waals surface area contributed by atoms with Crippen LogP contribution in [-0.4, -0.2) is 18.5 Å². The highest BCUT2D eigenvalue weighted by atomic mass is 35.5. The van der Waals surface area contributed by atoms with Crippen molar-refractivity contribution in [1.29, 1.82) is 0 Å². The normalized spacial score (nSPS) is 11.8. The summed E-state index contributed by atoms with van der Waals surface area (Å²) < 4.78 is 10.4. The number of rotatable bonds is 6. The van der Waals surface area contributed by atoms with Crippen LogP contribution < -0.4 is 10.7 Å². The fourth-order valence-corrected chi connectivity index (χ4v) is 3.01. The summed E-state index contributed by atoms with van der Waals surface area (Å²) in [5, 5.41) is 3.41. The first kappa shape index (κ1) is 20.6. The second-order valence-corrected chi connectivity index (χ2v) is 7.01. The quantitative estimate of drug-likeness (QED) is 0.616. The summed E-state index contributed by atoms with van der Waals surface area (Å²) in [4.78, 5) is 36.4. The van der Waals surface area contributed by atoms with E-state index in [-0.39, 0.29) is 22.8 Å². The van der Waals surface area contributed by atoms with Crippen molar-refractivity contribution >= 4 is 34.4 Å². The van der Waals surface area contributed by atoms with Gasteiger partial charge in [-0.15, -0.1) is 0 Å². The second-order valence-electron chi connectivity index (χ2n) is 6.58. The van der Waals surface area contributed by atoms with E-state index >= 15 is 0 Å². The minimum absolute atomic E-state index is 0.211. The Hall–Kier alpha value is -3.12. The fraction of sp³-hybridized carbons (Fsp3) is 0.227. The Bertz CT molecular complexity index is 1100. The zero-order chi connectivity index (χ0) is 21.0. The first-order chi connectivity index (χ1) is 13.9. The second kappa shape index (κ2) is 8.92. The molecule has 0 aliphatic carbocycles. The molecule has 1 aromatic heterocycles. The Kier molecular flexibility index (Phi) is 6.34. The minimum atomic E-state index is -0.894. The lowest BCUT2D eigenvalue weighted by molar-refractivity contribution is -0.124. The third-order valence-electron chi connectivity index (χ3n) is 4.49. The molecule has 0 saturated heterocycles. The van der Waals surface area contributed by atoms with Gasteiger partial charge in [0, 0.05) is 11.1 Å². The highest BCUT2D eigenvalue weighted by molar-refractivity contribution is 6.31. The third kappa shape index (κ3) is 5.03. The van der Waals surface area contributed by atoms with Crippen LogP contribution in [0.2, 0.25) is 5.02 Å². The van der Waals surface area contributed by atoms with Crippen molar-refractivity contribution in [3.05, 3.63) is 80.7 Å². The number of nitrogens with one attached hydrogen (secondary N) is 1. The van der Waals surface area contributed by atoms with Gasteiger partial charge in [-0.2, -0.15) is 0 Å². The van der Waals surface area contributed by atoms with Crippen molar-refractivity contribution in [1.82, 2.24) is 5.32 Å². The molecule has 0 aliphatic heterocycles. The molecular formula is C22H20ClNO5. The minimum Gasteiger partial charge on any atom is -0.450 e. The summed E-state index contributed by atoms with van der Waals surface area (Å²) in [6.07, 6.45) is 0.939. The van der Waals surface area contributed by atoms with E-state index in [0.29, 0.717) is 5.02 Å². The number of carbonyl (C=O) groups excluding carboxylic acids is 2. The number of aryl methyl sites for hydroxylation is 1. The number of halogens is 1. The van der Waals surface area contributed by atoms with E-state index in [1.165, 1.54) is 17.7 Å². The maximum absolute atomic E-state index is 12.2. The van der Waals surface area contributed by atoms with Crippen LogP contribution in [0.1, 0.15) is 41.6 Å². The summed E-state index contributed by atoms with van der Waals surface area (Å²) in [5.74, 6) is -1.63. The molecule has 7 heteroatoms. The summed E-state index contributed by atoms with van der Waals surface area (Å²) >= 11 is 5.86. The predicted octanol–water partition coefficient (Wildman–Crippen LogP) is 4.04. The van der Waals surface area contributed by atoms with Gasteiger partial charge in [0.25, 0.3) is 5.91 Å². The van der Waals surface area contributed by atoms with Crippen molar-refractivity contribution in [3.63, 3.8) is 0 Å². The molecule has 1 atom stereocenters. The topological polar surface area (TPSA) is 85.6 Å². The van der Waals surface area contributed by atoms with Crippen LogP contribution in [0.5, 0.6) is 0 Å². The summed E-state index contributed by atoms with van der Waals surface area (Å²) in [7, 11) is 0. The van der Waals surface area contributed by atoms with Crippen molar-refractivity contribution in [2.45, 2.75) is 26.3 Å². The molecule has 0 unspecified atom stereocenters. The van der Waals surface area contributed by atoms with Crippen molar-refractivity contribution in [3.8, 4) is 0 Å². The molecule has 0 aliphatic rings. The molecule has 1 amide bonds. The van der Waals surface area contributed by atoms with Crippen LogP contribution in [-0.2, 0) is 16.0 Å². The maximum atomic E-state index is 12.2. The molecule has 2 aromatic carbocycles. The summed E-state index contributed by atoms with van der Waals surface area (Å²) in [6, 6.07) is 13.2. The van der Waals surface area contributed by atoms with Crippen molar-refractivity contribution < 1.29 is 18.7 Å². The fourth-order valence-electron chi connectivity index (χ4n) is 2.84. The lowest BCUT2D eigenvalue weighted by atomic mass is 10.1.